The van der Waals surface area contributed by atoms with Gasteiger partial charge in [0, 0.05) is 6.26 Å². The molecule has 1 aromatic heterocycles. The lowest BCUT2D eigenvalue weighted by Crippen LogP contribution is -2.17. The van der Waals surface area contributed by atoms with Crippen molar-refractivity contribution in [2.75, 3.05) is 6.26 Å². The molecule has 8 nitrogen and oxygen atoms in total. The number of hydrogen-bond donors (Lipinski definition) is 1. The monoisotopic (exact) mass is 248 g/mol. The van der Waals surface area contributed by atoms with Crippen LogP contribution in [0.25, 0.3) is 0 Å². The molecule has 0 radical (unpaired) electrons. The first-order valence-electron chi connectivity index (χ1n) is 4.46. The summed E-state index contributed by atoms with van der Waals surface area (Å²) in [5.74, 6) is -1.14. The number of hydrogen-bond acceptors (Lipinski definition) is 6. The second kappa shape index (κ2) is 4.56. The van der Waals surface area contributed by atoms with E-state index in [0.29, 0.717) is 0 Å². The van der Waals surface area contributed by atoms with E-state index in [1.165, 1.54) is 4.68 Å². The Kier molecular flexibility index (Phi) is 3.58. The van der Waals surface area contributed by atoms with Gasteiger partial charge in [-0.3, -0.25) is 4.79 Å². The molecule has 1 rings (SSSR count). The number of carboxylic acids is 1. The topological polar surface area (TPSA) is 115 Å². The summed E-state index contributed by atoms with van der Waals surface area (Å²) in [6.07, 6.45) is 0.898. The smallest absolute Gasteiger partial charge is 0.305 e. The van der Waals surface area contributed by atoms with Crippen LogP contribution in [-0.2, 0) is 20.4 Å². The highest BCUT2D eigenvalue weighted by molar-refractivity contribution is 7.89. The Balaban J connectivity index is 2.89. The molecule has 1 atom stereocenters. The SMILES string of the molecule is CC(CC(=O)O)n1nnnc1CS(C)(=O)=O. The third-order valence-corrected chi connectivity index (χ3v) is 2.62. The Morgan fingerprint density at radius 3 is 2.69 bits per heavy atom. The van der Waals surface area contributed by atoms with Crippen molar-refractivity contribution in [2.24, 2.45) is 0 Å². The van der Waals surface area contributed by atoms with Crippen LogP contribution in [0, 0.1) is 0 Å². The normalized spacial score (nSPS) is 13.6. The Labute approximate surface area is 92.2 Å². The molecule has 0 aliphatic heterocycles. The van der Waals surface area contributed by atoms with E-state index in [1.54, 1.807) is 6.92 Å². The van der Waals surface area contributed by atoms with Gasteiger partial charge in [0.2, 0.25) is 0 Å². The fourth-order valence-electron chi connectivity index (χ4n) is 1.22. The summed E-state index contributed by atoms with van der Waals surface area (Å²) in [6.45, 7) is 1.61. The fraction of sp³-hybridized carbons (Fsp3) is 0.714. The largest absolute Gasteiger partial charge is 0.481 e. The second-order valence-corrected chi connectivity index (χ2v) is 5.70. The molecular formula is C7H12N4O4S. The third-order valence-electron chi connectivity index (χ3n) is 1.84. The number of carboxylic acid groups (broad SMARTS) is 1. The summed E-state index contributed by atoms with van der Waals surface area (Å²) >= 11 is 0. The van der Waals surface area contributed by atoms with Gasteiger partial charge in [-0.05, 0) is 17.4 Å². The van der Waals surface area contributed by atoms with Gasteiger partial charge in [0.15, 0.2) is 15.7 Å². The minimum Gasteiger partial charge on any atom is -0.481 e. The molecule has 0 bridgehead atoms. The number of sulfone groups is 1. The molecule has 0 fully saturated rings. The Morgan fingerprint density at radius 2 is 2.19 bits per heavy atom. The van der Waals surface area contributed by atoms with E-state index in [0.717, 1.165) is 6.26 Å². The van der Waals surface area contributed by atoms with Crippen molar-refractivity contribution in [1.29, 1.82) is 0 Å². The quantitative estimate of drug-likeness (QED) is 0.729. The predicted molar refractivity (Wildman–Crippen MR) is 53.3 cm³/mol. The van der Waals surface area contributed by atoms with Gasteiger partial charge in [-0.2, -0.15) is 0 Å². The molecule has 16 heavy (non-hydrogen) atoms. The molecule has 0 spiro atoms. The van der Waals surface area contributed by atoms with E-state index in [9.17, 15) is 13.2 Å². The maximum atomic E-state index is 11.1. The standard InChI is InChI=1S/C7H12N4O4S/c1-5(3-7(12)13)11-6(8-9-10-11)4-16(2,14)15/h5H,3-4H2,1-2H3,(H,12,13). The molecule has 0 saturated heterocycles. The van der Waals surface area contributed by atoms with Gasteiger partial charge < -0.3 is 5.11 Å². The molecule has 1 heterocycles. The highest BCUT2D eigenvalue weighted by Crippen LogP contribution is 2.11. The zero-order valence-corrected chi connectivity index (χ0v) is 9.68. The van der Waals surface area contributed by atoms with Crippen LogP contribution < -0.4 is 0 Å². The minimum absolute atomic E-state index is 0.149. The van der Waals surface area contributed by atoms with Gasteiger partial charge in [-0.15, -0.1) is 5.10 Å². The Morgan fingerprint density at radius 1 is 1.56 bits per heavy atom. The van der Waals surface area contributed by atoms with Crippen molar-refractivity contribution in [3.63, 3.8) is 0 Å². The van der Waals surface area contributed by atoms with Crippen molar-refractivity contribution >= 4 is 15.8 Å². The molecule has 1 N–H and O–H groups in total. The van der Waals surface area contributed by atoms with Crippen LogP contribution in [0.4, 0.5) is 0 Å². The first kappa shape index (κ1) is 12.6. The average molecular weight is 248 g/mol. The van der Waals surface area contributed by atoms with Crippen molar-refractivity contribution in [3.05, 3.63) is 5.82 Å². The molecule has 0 aliphatic carbocycles. The maximum absolute atomic E-state index is 11.1. The lowest BCUT2D eigenvalue weighted by molar-refractivity contribution is -0.137. The molecule has 0 aromatic carbocycles. The van der Waals surface area contributed by atoms with E-state index in [4.69, 9.17) is 5.11 Å². The Hall–Kier alpha value is -1.51. The van der Waals surface area contributed by atoms with Crippen LogP contribution in [0.2, 0.25) is 0 Å². The first-order valence-corrected chi connectivity index (χ1v) is 6.52. The lowest BCUT2D eigenvalue weighted by atomic mass is 10.2. The summed E-state index contributed by atoms with van der Waals surface area (Å²) < 4.78 is 23.4. The van der Waals surface area contributed by atoms with Crippen molar-refractivity contribution in [2.45, 2.75) is 25.1 Å². The second-order valence-electron chi connectivity index (χ2n) is 3.56. The number of carbonyl (C=O) groups is 1. The third kappa shape index (κ3) is 3.57. The molecule has 9 heteroatoms. The van der Waals surface area contributed by atoms with Crippen LogP contribution in [0.15, 0.2) is 0 Å². The van der Waals surface area contributed by atoms with Gasteiger partial charge in [-0.25, -0.2) is 13.1 Å². The van der Waals surface area contributed by atoms with Crippen molar-refractivity contribution in [3.8, 4) is 0 Å². The van der Waals surface area contributed by atoms with Crippen molar-refractivity contribution < 1.29 is 18.3 Å². The lowest BCUT2D eigenvalue weighted by Gasteiger charge is -2.10. The number of rotatable bonds is 5. The summed E-state index contributed by atoms with van der Waals surface area (Å²) in [5.41, 5.74) is 0. The highest BCUT2D eigenvalue weighted by atomic mass is 32.2. The van der Waals surface area contributed by atoms with E-state index in [-0.39, 0.29) is 18.0 Å². The zero-order chi connectivity index (χ0) is 12.3. The molecular weight excluding hydrogens is 236 g/mol. The summed E-state index contributed by atoms with van der Waals surface area (Å²) in [5, 5.41) is 19.1. The minimum atomic E-state index is -3.24. The van der Waals surface area contributed by atoms with Crippen LogP contribution in [0.5, 0.6) is 0 Å². The first-order chi connectivity index (χ1) is 7.29. The molecule has 90 valence electrons. The number of nitrogens with zero attached hydrogens (tertiary/aromatic N) is 4. The Bertz CT molecular complexity index is 480. The summed E-state index contributed by atoms with van der Waals surface area (Å²) in [6, 6.07) is -0.482. The van der Waals surface area contributed by atoms with E-state index in [2.05, 4.69) is 15.5 Å². The average Bonchev–Trinajstić information content (AvgIpc) is 2.47. The van der Waals surface area contributed by atoms with E-state index in [1.807, 2.05) is 0 Å². The van der Waals surface area contributed by atoms with E-state index >= 15 is 0 Å². The van der Waals surface area contributed by atoms with Crippen LogP contribution in [0.3, 0.4) is 0 Å². The number of tetrazole rings is 1. The zero-order valence-electron chi connectivity index (χ0n) is 8.86. The van der Waals surface area contributed by atoms with Crippen LogP contribution in [-0.4, -0.2) is 46.0 Å². The van der Waals surface area contributed by atoms with Gasteiger partial charge >= 0.3 is 5.97 Å². The van der Waals surface area contributed by atoms with Gasteiger partial charge in [0.05, 0.1) is 12.5 Å². The van der Waals surface area contributed by atoms with Gasteiger partial charge in [0.25, 0.3) is 0 Å². The van der Waals surface area contributed by atoms with Crippen LogP contribution in [0.1, 0.15) is 25.2 Å². The molecule has 0 amide bonds. The van der Waals surface area contributed by atoms with Gasteiger partial charge in [-0.1, -0.05) is 0 Å². The number of aliphatic carboxylic acids is 1. The molecule has 1 unspecified atom stereocenters. The highest BCUT2D eigenvalue weighted by Gasteiger charge is 2.18. The fourth-order valence-corrected chi connectivity index (χ4v) is 1.88. The summed E-state index contributed by atoms with van der Waals surface area (Å²) in [4.78, 5) is 10.5. The molecule has 0 saturated carbocycles. The maximum Gasteiger partial charge on any atom is 0.305 e. The molecule has 1 aromatic rings. The summed E-state index contributed by atoms with van der Waals surface area (Å²) in [7, 11) is -3.24. The molecule has 0 aliphatic rings. The predicted octanol–water partition coefficient (Wildman–Crippen LogP) is -0.747. The van der Waals surface area contributed by atoms with E-state index < -0.39 is 21.8 Å². The number of aromatic nitrogens is 4. The van der Waals surface area contributed by atoms with Crippen LogP contribution >= 0.6 is 0 Å². The van der Waals surface area contributed by atoms with Crippen molar-refractivity contribution in [1.82, 2.24) is 20.2 Å². The van der Waals surface area contributed by atoms with Gasteiger partial charge in [0.1, 0.15) is 5.75 Å².